The van der Waals surface area contributed by atoms with Crippen LogP contribution in [0.25, 0.3) is 0 Å². The zero-order chi connectivity index (χ0) is 24.2. The van der Waals surface area contributed by atoms with E-state index in [-0.39, 0.29) is 16.6 Å². The number of rotatable bonds is 8. The molecule has 10 heteroatoms. The summed E-state index contributed by atoms with van der Waals surface area (Å²) >= 11 is 0. The lowest BCUT2D eigenvalue weighted by molar-refractivity contribution is 0.102. The van der Waals surface area contributed by atoms with E-state index in [9.17, 15) is 21.6 Å². The normalized spacial score (nSPS) is 14.6. The molecule has 2 N–H and O–H groups in total. The highest BCUT2D eigenvalue weighted by molar-refractivity contribution is 7.92. The van der Waals surface area contributed by atoms with Gasteiger partial charge in [0.15, 0.2) is 0 Å². The molecule has 1 aliphatic heterocycles. The number of hydrogen-bond donors (Lipinski definition) is 2. The molecule has 0 atom stereocenters. The minimum atomic E-state index is -3.75. The van der Waals surface area contributed by atoms with Crippen LogP contribution in [-0.2, 0) is 25.8 Å². The highest BCUT2D eigenvalue weighted by atomic mass is 32.2. The van der Waals surface area contributed by atoms with Gasteiger partial charge in [-0.15, -0.1) is 0 Å². The molecule has 3 aromatic carbocycles. The molecule has 8 nitrogen and oxygen atoms in total. The standard InChI is InChI=1S/C24H25N3O5S2/c28-24(20-10-8-19(9-11-20)18-33(29,30)27-16-4-5-17-27)25-21-12-14-23(15-13-21)34(31,32)26-22-6-2-1-3-7-22/h1-3,6-15,26H,4-5,16-18H2,(H,25,28). The van der Waals surface area contributed by atoms with E-state index < -0.39 is 20.0 Å². The van der Waals surface area contributed by atoms with Gasteiger partial charge >= 0.3 is 0 Å². The van der Waals surface area contributed by atoms with Gasteiger partial charge in [0.05, 0.1) is 10.6 Å². The summed E-state index contributed by atoms with van der Waals surface area (Å²) in [4.78, 5) is 12.6. The van der Waals surface area contributed by atoms with Crippen LogP contribution in [0.5, 0.6) is 0 Å². The van der Waals surface area contributed by atoms with Gasteiger partial charge in [0.2, 0.25) is 10.0 Å². The van der Waals surface area contributed by atoms with Crippen LogP contribution in [0.15, 0.2) is 83.8 Å². The van der Waals surface area contributed by atoms with Gasteiger partial charge in [0.25, 0.3) is 15.9 Å². The molecule has 178 valence electrons. The molecule has 0 aromatic heterocycles. The second-order valence-corrected chi connectivity index (χ2v) is 11.7. The summed E-state index contributed by atoms with van der Waals surface area (Å²) in [6.45, 7) is 1.12. The van der Waals surface area contributed by atoms with E-state index in [1.165, 1.54) is 28.6 Å². The molecule has 1 aliphatic rings. The number of amides is 1. The molecular formula is C24H25N3O5S2. The van der Waals surface area contributed by atoms with Crippen LogP contribution in [0, 0.1) is 0 Å². The Morgan fingerprint density at radius 3 is 2.00 bits per heavy atom. The van der Waals surface area contributed by atoms with Crippen LogP contribution in [0.2, 0.25) is 0 Å². The number of nitrogens with one attached hydrogen (secondary N) is 2. The Hall–Kier alpha value is -3.21. The maximum Gasteiger partial charge on any atom is 0.261 e. The van der Waals surface area contributed by atoms with Crippen molar-refractivity contribution in [1.82, 2.24) is 4.31 Å². The lowest BCUT2D eigenvalue weighted by Gasteiger charge is -2.15. The molecule has 0 saturated carbocycles. The number of carbonyl (C=O) groups excluding carboxylic acids is 1. The number of nitrogens with zero attached hydrogens (tertiary/aromatic N) is 1. The molecular weight excluding hydrogens is 474 g/mol. The molecule has 0 bridgehead atoms. The van der Waals surface area contributed by atoms with Crippen LogP contribution in [0.4, 0.5) is 11.4 Å². The van der Waals surface area contributed by atoms with E-state index in [2.05, 4.69) is 10.0 Å². The maximum atomic E-state index is 12.6. The SMILES string of the molecule is O=C(Nc1ccc(S(=O)(=O)Nc2ccccc2)cc1)c1ccc(CS(=O)(=O)N2CCCC2)cc1. The first-order valence-corrected chi connectivity index (χ1v) is 13.9. The van der Waals surface area contributed by atoms with E-state index in [1.807, 2.05) is 0 Å². The van der Waals surface area contributed by atoms with Crippen LogP contribution < -0.4 is 10.0 Å². The van der Waals surface area contributed by atoms with Crippen molar-refractivity contribution in [3.05, 3.63) is 90.0 Å². The van der Waals surface area contributed by atoms with Crippen LogP contribution in [-0.4, -0.2) is 40.1 Å². The smallest absolute Gasteiger partial charge is 0.261 e. The van der Waals surface area contributed by atoms with Crippen molar-refractivity contribution in [2.45, 2.75) is 23.5 Å². The van der Waals surface area contributed by atoms with E-state index in [0.29, 0.717) is 35.6 Å². The fourth-order valence-corrected chi connectivity index (χ4v) is 6.33. The van der Waals surface area contributed by atoms with E-state index in [0.717, 1.165) is 12.8 Å². The Kier molecular flexibility index (Phi) is 7.01. The minimum absolute atomic E-state index is 0.0675. The lowest BCUT2D eigenvalue weighted by atomic mass is 10.1. The fourth-order valence-electron chi connectivity index (χ4n) is 3.66. The molecule has 4 rings (SSSR count). The highest BCUT2D eigenvalue weighted by Crippen LogP contribution is 2.20. The van der Waals surface area contributed by atoms with Crippen LogP contribution in [0.3, 0.4) is 0 Å². The van der Waals surface area contributed by atoms with Crippen molar-refractivity contribution in [1.29, 1.82) is 0 Å². The van der Waals surface area contributed by atoms with Gasteiger partial charge in [-0.25, -0.2) is 21.1 Å². The number of sulfonamides is 2. The fraction of sp³-hybridized carbons (Fsp3) is 0.208. The predicted octanol–water partition coefficient (Wildman–Crippen LogP) is 3.67. The average molecular weight is 500 g/mol. The second-order valence-electron chi connectivity index (χ2n) is 8.01. The van der Waals surface area contributed by atoms with Gasteiger partial charge in [0, 0.05) is 30.0 Å². The van der Waals surface area contributed by atoms with E-state index >= 15 is 0 Å². The lowest BCUT2D eigenvalue weighted by Crippen LogP contribution is -2.29. The molecule has 0 unspecified atom stereocenters. The Labute approximate surface area is 199 Å². The molecule has 1 saturated heterocycles. The van der Waals surface area contributed by atoms with Crippen LogP contribution >= 0.6 is 0 Å². The largest absolute Gasteiger partial charge is 0.322 e. The summed E-state index contributed by atoms with van der Waals surface area (Å²) in [5.41, 5.74) is 1.87. The van der Waals surface area contributed by atoms with Crippen molar-refractivity contribution in [3.63, 3.8) is 0 Å². The van der Waals surface area contributed by atoms with Gasteiger partial charge in [-0.05, 0) is 66.9 Å². The number of anilines is 2. The summed E-state index contributed by atoms with van der Waals surface area (Å²) in [5, 5.41) is 2.72. The van der Waals surface area contributed by atoms with Gasteiger partial charge in [-0.1, -0.05) is 30.3 Å². The monoisotopic (exact) mass is 499 g/mol. The second kappa shape index (κ2) is 9.96. The molecule has 0 aliphatic carbocycles. The van der Waals surface area contributed by atoms with Gasteiger partial charge in [-0.3, -0.25) is 9.52 Å². The molecule has 1 amide bonds. The van der Waals surface area contributed by atoms with Crippen LogP contribution in [0.1, 0.15) is 28.8 Å². The molecule has 34 heavy (non-hydrogen) atoms. The first-order chi connectivity index (χ1) is 16.2. The summed E-state index contributed by atoms with van der Waals surface area (Å²) in [5.74, 6) is -0.478. The van der Waals surface area contributed by atoms with Gasteiger partial charge < -0.3 is 5.32 Å². The molecule has 0 radical (unpaired) electrons. The van der Waals surface area contributed by atoms with E-state index in [1.54, 1.807) is 54.6 Å². The number of para-hydroxylation sites is 1. The molecule has 1 fully saturated rings. The topological polar surface area (TPSA) is 113 Å². The quantitative estimate of drug-likeness (QED) is 0.491. The van der Waals surface area contributed by atoms with Gasteiger partial charge in [0.1, 0.15) is 0 Å². The predicted molar refractivity (Wildman–Crippen MR) is 132 cm³/mol. The first-order valence-electron chi connectivity index (χ1n) is 10.8. The van der Waals surface area contributed by atoms with Crippen molar-refractivity contribution < 1.29 is 21.6 Å². The van der Waals surface area contributed by atoms with Crippen molar-refractivity contribution in [2.75, 3.05) is 23.1 Å². The molecule has 1 heterocycles. The van der Waals surface area contributed by atoms with Crippen molar-refractivity contribution in [3.8, 4) is 0 Å². The van der Waals surface area contributed by atoms with Crippen molar-refractivity contribution >= 4 is 37.3 Å². The van der Waals surface area contributed by atoms with Gasteiger partial charge in [-0.2, -0.15) is 0 Å². The summed E-state index contributed by atoms with van der Waals surface area (Å²) in [6, 6.07) is 20.8. The molecule has 3 aromatic rings. The minimum Gasteiger partial charge on any atom is -0.322 e. The summed E-state index contributed by atoms with van der Waals surface area (Å²) in [6.07, 6.45) is 1.77. The summed E-state index contributed by atoms with van der Waals surface area (Å²) in [7, 11) is -7.10. The average Bonchev–Trinajstić information content (AvgIpc) is 3.36. The maximum absolute atomic E-state index is 12.6. The zero-order valence-electron chi connectivity index (χ0n) is 18.3. The van der Waals surface area contributed by atoms with Crippen molar-refractivity contribution in [2.24, 2.45) is 0 Å². The third-order valence-electron chi connectivity index (χ3n) is 5.47. The first kappa shape index (κ1) is 23.9. The van der Waals surface area contributed by atoms with E-state index in [4.69, 9.17) is 0 Å². The molecule has 0 spiro atoms. The Morgan fingerprint density at radius 1 is 0.765 bits per heavy atom. The Morgan fingerprint density at radius 2 is 1.38 bits per heavy atom. The number of carbonyl (C=O) groups is 1. The number of hydrogen-bond acceptors (Lipinski definition) is 5. The Bertz CT molecular complexity index is 1350. The highest BCUT2D eigenvalue weighted by Gasteiger charge is 2.25. The zero-order valence-corrected chi connectivity index (χ0v) is 20.0. The Balaban J connectivity index is 1.38. The summed E-state index contributed by atoms with van der Waals surface area (Å²) < 4.78 is 54.0. The third-order valence-corrected chi connectivity index (χ3v) is 8.72. The third kappa shape index (κ3) is 5.82. The number of benzene rings is 3.